The van der Waals surface area contributed by atoms with E-state index in [4.69, 9.17) is 15.2 Å². The van der Waals surface area contributed by atoms with Crippen molar-refractivity contribution in [3.05, 3.63) is 17.7 Å². The summed E-state index contributed by atoms with van der Waals surface area (Å²) in [5.74, 6) is 1.55. The number of ether oxygens (including phenoxy) is 2. The summed E-state index contributed by atoms with van der Waals surface area (Å²) in [5, 5.41) is 9.56. The molecule has 0 aromatic heterocycles. The molecule has 0 saturated heterocycles. The van der Waals surface area contributed by atoms with Gasteiger partial charge >= 0.3 is 0 Å². The molecule has 1 rings (SSSR count). The highest BCUT2D eigenvalue weighted by Gasteiger charge is 2.22. The Bertz CT molecular complexity index is 354. The molecule has 2 atom stereocenters. The predicted octanol–water partition coefficient (Wildman–Crippen LogP) is 2.46. The summed E-state index contributed by atoms with van der Waals surface area (Å²) in [4.78, 5) is 0. The summed E-state index contributed by atoms with van der Waals surface area (Å²) in [7, 11) is 3.11. The lowest BCUT2D eigenvalue weighted by Crippen LogP contribution is -2.20. The lowest BCUT2D eigenvalue weighted by Gasteiger charge is -2.23. The Kier molecular flexibility index (Phi) is 4.63. The number of phenols is 1. The molecule has 0 radical (unpaired) electrons. The molecular weight excluding hydrogens is 218 g/mol. The molecule has 3 N–H and O–H groups in total. The van der Waals surface area contributed by atoms with Gasteiger partial charge in [0, 0.05) is 18.2 Å². The van der Waals surface area contributed by atoms with Crippen molar-refractivity contribution >= 4 is 0 Å². The molecule has 1 aromatic rings. The fourth-order valence-electron chi connectivity index (χ4n) is 1.79. The zero-order valence-electron chi connectivity index (χ0n) is 10.9. The first-order chi connectivity index (χ1) is 8.04. The standard InChI is InChI=1S/C13H21NO3/c1-5-8(2)13(14)12-10(16-3)6-9(15)7-11(12)17-4/h6-8,13,15H,5,14H2,1-4H3/t8?,13-/m0/s1. The van der Waals surface area contributed by atoms with Gasteiger partial charge in [-0.05, 0) is 5.92 Å². The number of aromatic hydroxyl groups is 1. The van der Waals surface area contributed by atoms with Gasteiger partial charge < -0.3 is 20.3 Å². The van der Waals surface area contributed by atoms with E-state index in [2.05, 4.69) is 13.8 Å². The molecule has 4 heteroatoms. The second kappa shape index (κ2) is 5.77. The van der Waals surface area contributed by atoms with Crippen molar-refractivity contribution in [1.82, 2.24) is 0 Å². The van der Waals surface area contributed by atoms with E-state index >= 15 is 0 Å². The van der Waals surface area contributed by atoms with Gasteiger partial charge in [0.25, 0.3) is 0 Å². The van der Waals surface area contributed by atoms with Crippen molar-refractivity contribution in [2.24, 2.45) is 11.7 Å². The number of rotatable bonds is 5. The third kappa shape index (κ3) is 2.82. The minimum Gasteiger partial charge on any atom is -0.508 e. The highest BCUT2D eigenvalue weighted by atomic mass is 16.5. The minimum absolute atomic E-state index is 0.110. The smallest absolute Gasteiger partial charge is 0.131 e. The second-order valence-electron chi connectivity index (χ2n) is 4.18. The Balaban J connectivity index is 3.28. The molecule has 0 spiro atoms. The van der Waals surface area contributed by atoms with E-state index < -0.39 is 0 Å². The second-order valence-corrected chi connectivity index (χ2v) is 4.18. The fraction of sp³-hybridized carbons (Fsp3) is 0.538. The Morgan fingerprint density at radius 2 is 1.71 bits per heavy atom. The highest BCUT2D eigenvalue weighted by molar-refractivity contribution is 5.52. The van der Waals surface area contributed by atoms with Gasteiger partial charge in [-0.3, -0.25) is 0 Å². The topological polar surface area (TPSA) is 64.7 Å². The number of methoxy groups -OCH3 is 2. The van der Waals surface area contributed by atoms with Crippen molar-refractivity contribution in [3.63, 3.8) is 0 Å². The van der Waals surface area contributed by atoms with Crippen molar-refractivity contribution in [3.8, 4) is 17.2 Å². The van der Waals surface area contributed by atoms with Gasteiger partial charge in [-0.25, -0.2) is 0 Å². The van der Waals surface area contributed by atoms with E-state index in [1.54, 1.807) is 26.4 Å². The molecule has 17 heavy (non-hydrogen) atoms. The van der Waals surface area contributed by atoms with E-state index in [-0.39, 0.29) is 11.8 Å². The van der Waals surface area contributed by atoms with E-state index in [9.17, 15) is 5.11 Å². The number of phenolic OH excluding ortho intramolecular Hbond substituents is 1. The molecule has 0 amide bonds. The van der Waals surface area contributed by atoms with Crippen LogP contribution in [0.3, 0.4) is 0 Å². The highest BCUT2D eigenvalue weighted by Crippen LogP contribution is 2.39. The van der Waals surface area contributed by atoms with Crippen LogP contribution in [0.1, 0.15) is 31.9 Å². The van der Waals surface area contributed by atoms with Crippen LogP contribution in [0.4, 0.5) is 0 Å². The Labute approximate surface area is 102 Å². The molecule has 1 unspecified atom stereocenters. The van der Waals surface area contributed by atoms with Crippen LogP contribution in [0, 0.1) is 5.92 Å². The summed E-state index contributed by atoms with van der Waals surface area (Å²) in [6.45, 7) is 4.17. The van der Waals surface area contributed by atoms with E-state index in [0.29, 0.717) is 17.4 Å². The minimum atomic E-state index is -0.175. The van der Waals surface area contributed by atoms with Crippen LogP contribution in [-0.2, 0) is 0 Å². The van der Waals surface area contributed by atoms with Crippen LogP contribution < -0.4 is 15.2 Å². The Morgan fingerprint density at radius 1 is 1.24 bits per heavy atom. The zero-order chi connectivity index (χ0) is 13.0. The van der Waals surface area contributed by atoms with Crippen molar-refractivity contribution in [2.45, 2.75) is 26.3 Å². The molecular formula is C13H21NO3. The maximum absolute atomic E-state index is 9.56. The number of nitrogens with two attached hydrogens (primary N) is 1. The lowest BCUT2D eigenvalue weighted by molar-refractivity contribution is 0.354. The van der Waals surface area contributed by atoms with Gasteiger partial charge in [-0.2, -0.15) is 0 Å². The molecule has 0 heterocycles. The SMILES string of the molecule is CCC(C)[C@H](N)c1c(OC)cc(O)cc1OC. The molecule has 4 nitrogen and oxygen atoms in total. The molecule has 0 bridgehead atoms. The Morgan fingerprint density at radius 3 is 2.06 bits per heavy atom. The van der Waals surface area contributed by atoms with Crippen LogP contribution in [0.25, 0.3) is 0 Å². The molecule has 96 valence electrons. The van der Waals surface area contributed by atoms with Crippen molar-refractivity contribution in [1.29, 1.82) is 0 Å². The largest absolute Gasteiger partial charge is 0.508 e. The third-order valence-electron chi connectivity index (χ3n) is 3.12. The first kappa shape index (κ1) is 13.6. The van der Waals surface area contributed by atoms with E-state index in [0.717, 1.165) is 12.0 Å². The number of hydrogen-bond acceptors (Lipinski definition) is 4. The van der Waals surface area contributed by atoms with Gasteiger partial charge in [0.05, 0.1) is 19.8 Å². The monoisotopic (exact) mass is 239 g/mol. The van der Waals surface area contributed by atoms with Gasteiger partial charge in [-0.1, -0.05) is 20.3 Å². The van der Waals surface area contributed by atoms with Crippen LogP contribution in [0.15, 0.2) is 12.1 Å². The number of hydrogen-bond donors (Lipinski definition) is 2. The van der Waals surface area contributed by atoms with Gasteiger partial charge in [0.2, 0.25) is 0 Å². The zero-order valence-corrected chi connectivity index (χ0v) is 10.9. The molecule has 0 aliphatic heterocycles. The predicted molar refractivity (Wildman–Crippen MR) is 67.6 cm³/mol. The maximum Gasteiger partial charge on any atom is 0.131 e. The molecule has 0 aliphatic carbocycles. The van der Waals surface area contributed by atoms with Crippen LogP contribution in [0.5, 0.6) is 17.2 Å². The van der Waals surface area contributed by atoms with E-state index in [1.807, 2.05) is 0 Å². The normalized spacial score (nSPS) is 14.2. The van der Waals surface area contributed by atoms with Crippen LogP contribution in [0.2, 0.25) is 0 Å². The van der Waals surface area contributed by atoms with Gasteiger partial charge in [0.1, 0.15) is 17.2 Å². The van der Waals surface area contributed by atoms with Crippen molar-refractivity contribution < 1.29 is 14.6 Å². The average Bonchev–Trinajstić information content (AvgIpc) is 2.35. The number of benzene rings is 1. The molecule has 0 aliphatic rings. The van der Waals surface area contributed by atoms with Gasteiger partial charge in [-0.15, -0.1) is 0 Å². The summed E-state index contributed by atoms with van der Waals surface area (Å²) in [6, 6.07) is 2.94. The van der Waals surface area contributed by atoms with Gasteiger partial charge in [0.15, 0.2) is 0 Å². The molecule has 0 fully saturated rings. The molecule has 0 saturated carbocycles. The quantitative estimate of drug-likeness (QED) is 0.828. The fourth-order valence-corrected chi connectivity index (χ4v) is 1.79. The first-order valence-electron chi connectivity index (χ1n) is 5.75. The summed E-state index contributed by atoms with van der Waals surface area (Å²) in [6.07, 6.45) is 0.967. The lowest BCUT2D eigenvalue weighted by atomic mass is 9.92. The maximum atomic E-state index is 9.56. The summed E-state index contributed by atoms with van der Waals surface area (Å²) >= 11 is 0. The van der Waals surface area contributed by atoms with Crippen molar-refractivity contribution in [2.75, 3.05) is 14.2 Å². The summed E-state index contributed by atoms with van der Waals surface area (Å²) < 4.78 is 10.5. The van der Waals surface area contributed by atoms with Crippen LogP contribution in [-0.4, -0.2) is 19.3 Å². The average molecular weight is 239 g/mol. The molecule has 1 aromatic carbocycles. The summed E-state index contributed by atoms with van der Waals surface area (Å²) in [5.41, 5.74) is 7.02. The van der Waals surface area contributed by atoms with E-state index in [1.165, 1.54) is 0 Å². The first-order valence-corrected chi connectivity index (χ1v) is 5.75. The Hall–Kier alpha value is -1.42. The van der Waals surface area contributed by atoms with Crippen LogP contribution >= 0.6 is 0 Å². The third-order valence-corrected chi connectivity index (χ3v) is 3.12.